The zero-order valence-electron chi connectivity index (χ0n) is 25.3. The van der Waals surface area contributed by atoms with E-state index in [1.165, 1.54) is 0 Å². The molecule has 4 aromatic rings. The molecule has 2 aliphatic rings. The van der Waals surface area contributed by atoms with Crippen molar-refractivity contribution in [3.8, 4) is 11.5 Å². The number of carbonyl (C=O) groups excluding carboxylic acids is 2. The van der Waals surface area contributed by atoms with E-state index in [0.717, 1.165) is 38.4 Å². The van der Waals surface area contributed by atoms with Crippen LogP contribution in [0.2, 0.25) is 0 Å². The second-order valence-corrected chi connectivity index (χ2v) is 13.5. The number of aromatic hydroxyl groups is 2. The Kier molecular flexibility index (Phi) is 8.18. The van der Waals surface area contributed by atoms with E-state index in [9.17, 15) is 19.8 Å². The highest BCUT2D eigenvalue weighted by Crippen LogP contribution is 2.54. The van der Waals surface area contributed by atoms with Crippen LogP contribution in [0.1, 0.15) is 63.5 Å². The number of hydrogen-bond donors (Lipinski definition) is 2. The monoisotopic (exact) mass is 632 g/mol. The average Bonchev–Trinajstić information content (AvgIpc) is 3.57. The summed E-state index contributed by atoms with van der Waals surface area (Å²) in [7, 11) is 0. The minimum absolute atomic E-state index is 0.0176. The Balaban J connectivity index is 1.18. The van der Waals surface area contributed by atoms with Gasteiger partial charge in [0.25, 0.3) is 0 Å². The van der Waals surface area contributed by atoms with Gasteiger partial charge in [-0.3, -0.25) is 9.59 Å². The van der Waals surface area contributed by atoms with Crippen molar-refractivity contribution in [2.45, 2.75) is 63.2 Å². The molecule has 44 heavy (non-hydrogen) atoms. The summed E-state index contributed by atoms with van der Waals surface area (Å²) < 4.78 is 0. The van der Waals surface area contributed by atoms with Gasteiger partial charge in [-0.05, 0) is 47.6 Å². The maximum Gasteiger partial charge on any atom is 0.227 e. The molecule has 0 radical (unpaired) electrons. The smallest absolute Gasteiger partial charge is 0.227 e. The summed E-state index contributed by atoms with van der Waals surface area (Å²) in [6, 6.07) is 18.8. The lowest BCUT2D eigenvalue weighted by atomic mass is 9.69. The number of fused-ring (bicyclic) bond motifs is 6. The van der Waals surface area contributed by atoms with Crippen LogP contribution >= 0.6 is 23.2 Å². The number of benzene rings is 4. The number of hydrogen-bond acceptors (Lipinski definition) is 4. The van der Waals surface area contributed by atoms with Crippen molar-refractivity contribution < 1.29 is 19.8 Å². The third-order valence-electron chi connectivity index (χ3n) is 9.88. The molecule has 2 heterocycles. The van der Waals surface area contributed by atoms with E-state index >= 15 is 0 Å². The largest absolute Gasteiger partial charge is 0.507 e. The maximum atomic E-state index is 13.8. The SMILES string of the molecule is CC(C)C1(C(C)Cl)CN(C(=O)CCCCC(=O)N2CC(CCl)c3c2cc(O)c2ccccc32)c2cc(O)c3ccccc3c21. The molecule has 3 unspecified atom stereocenters. The van der Waals surface area contributed by atoms with Crippen LogP contribution in [-0.2, 0) is 15.0 Å². The first-order valence-corrected chi connectivity index (χ1v) is 16.4. The molecule has 2 N–H and O–H groups in total. The fourth-order valence-electron chi connectivity index (χ4n) is 7.56. The summed E-state index contributed by atoms with van der Waals surface area (Å²) in [6.07, 6.45) is 1.65. The molecule has 4 aromatic carbocycles. The lowest BCUT2D eigenvalue weighted by molar-refractivity contribution is -0.120. The Hall–Kier alpha value is -3.48. The van der Waals surface area contributed by atoms with Crippen LogP contribution in [0, 0.1) is 5.92 Å². The Morgan fingerprint density at radius 1 is 0.841 bits per heavy atom. The highest BCUT2D eigenvalue weighted by Gasteiger charge is 2.51. The molecule has 6 nitrogen and oxygen atoms in total. The first-order chi connectivity index (χ1) is 21.1. The Morgan fingerprint density at radius 3 is 1.93 bits per heavy atom. The first-order valence-electron chi connectivity index (χ1n) is 15.4. The Labute approximate surface area is 268 Å². The number of nitrogens with zero attached hydrogens (tertiary/aromatic N) is 2. The summed E-state index contributed by atoms with van der Waals surface area (Å²) in [4.78, 5) is 30.7. The molecule has 0 fully saturated rings. The predicted octanol–water partition coefficient (Wildman–Crippen LogP) is 8.20. The molecule has 0 bridgehead atoms. The summed E-state index contributed by atoms with van der Waals surface area (Å²) >= 11 is 13.3. The molecular weight excluding hydrogens is 595 g/mol. The van der Waals surface area contributed by atoms with Gasteiger partial charge >= 0.3 is 0 Å². The normalized spacial score (nSPS) is 20.0. The fraction of sp³-hybridized carbons (Fsp3) is 0.389. The molecule has 8 heteroatoms. The van der Waals surface area contributed by atoms with Crippen LogP contribution in [0.4, 0.5) is 11.4 Å². The van der Waals surface area contributed by atoms with Gasteiger partial charge in [-0.25, -0.2) is 0 Å². The topological polar surface area (TPSA) is 81.1 Å². The minimum atomic E-state index is -0.479. The van der Waals surface area contributed by atoms with Crippen LogP contribution in [0.25, 0.3) is 21.5 Å². The third kappa shape index (κ3) is 4.78. The lowest BCUT2D eigenvalue weighted by Gasteiger charge is -2.37. The van der Waals surface area contributed by atoms with Crippen LogP contribution in [0.15, 0.2) is 60.7 Å². The van der Waals surface area contributed by atoms with Gasteiger partial charge in [0, 0.05) is 71.4 Å². The standard InChI is InChI=1S/C36H38Cl2N2O4/c1-21(2)36(22(3)38)20-40(29-17-31(42)25-11-5-7-13-27(25)35(29)36)33(44)15-9-8-14-32(43)39-19-23(18-37)34-26-12-6-4-10-24(26)30(41)16-28(34)39/h4-7,10-13,16-17,21-23,41-42H,8-9,14-15,18-20H2,1-3H3. The molecule has 230 valence electrons. The van der Waals surface area contributed by atoms with Gasteiger partial charge in [-0.15, -0.1) is 23.2 Å². The van der Waals surface area contributed by atoms with E-state index in [4.69, 9.17) is 23.2 Å². The van der Waals surface area contributed by atoms with E-state index in [1.807, 2.05) is 55.5 Å². The van der Waals surface area contributed by atoms with Crippen LogP contribution in [0.3, 0.4) is 0 Å². The maximum absolute atomic E-state index is 13.8. The minimum Gasteiger partial charge on any atom is -0.507 e. The molecule has 0 saturated carbocycles. The third-order valence-corrected chi connectivity index (χ3v) is 10.6. The Bertz CT molecular complexity index is 1760. The van der Waals surface area contributed by atoms with Crippen LogP contribution < -0.4 is 9.80 Å². The van der Waals surface area contributed by atoms with E-state index in [0.29, 0.717) is 37.5 Å². The van der Waals surface area contributed by atoms with Crippen molar-refractivity contribution >= 4 is 67.9 Å². The number of phenols is 2. The van der Waals surface area contributed by atoms with Gasteiger partial charge in [0.15, 0.2) is 0 Å². The van der Waals surface area contributed by atoms with Crippen LogP contribution in [-0.4, -0.2) is 46.4 Å². The van der Waals surface area contributed by atoms with Crippen molar-refractivity contribution in [2.75, 3.05) is 28.8 Å². The highest BCUT2D eigenvalue weighted by molar-refractivity contribution is 6.22. The summed E-state index contributed by atoms with van der Waals surface area (Å²) in [5, 5.41) is 24.7. The lowest BCUT2D eigenvalue weighted by Crippen LogP contribution is -2.45. The average molecular weight is 634 g/mol. The highest BCUT2D eigenvalue weighted by atomic mass is 35.5. The Morgan fingerprint density at radius 2 is 1.36 bits per heavy atom. The summed E-state index contributed by atoms with van der Waals surface area (Å²) in [5.41, 5.74) is 2.98. The number of phenolic OH excluding ortho intramolecular Hbond substituents is 2. The fourth-order valence-corrected chi connectivity index (χ4v) is 8.24. The molecule has 0 spiro atoms. The predicted molar refractivity (Wildman–Crippen MR) is 180 cm³/mol. The second kappa shape index (κ2) is 11.8. The number of amides is 2. The number of halogens is 2. The van der Waals surface area contributed by atoms with Crippen LogP contribution in [0.5, 0.6) is 11.5 Å². The first kappa shape index (κ1) is 30.5. The van der Waals surface area contributed by atoms with E-state index in [2.05, 4.69) is 13.8 Å². The zero-order valence-corrected chi connectivity index (χ0v) is 26.8. The molecule has 0 saturated heterocycles. The van der Waals surface area contributed by atoms with Crippen molar-refractivity contribution in [3.05, 3.63) is 71.8 Å². The quantitative estimate of drug-likeness (QED) is 0.151. The van der Waals surface area contributed by atoms with Crippen molar-refractivity contribution in [1.29, 1.82) is 0 Å². The summed E-state index contributed by atoms with van der Waals surface area (Å²) in [5.74, 6) is 0.707. The van der Waals surface area contributed by atoms with E-state index < -0.39 is 5.41 Å². The van der Waals surface area contributed by atoms with Gasteiger partial charge in [-0.1, -0.05) is 62.4 Å². The number of rotatable bonds is 8. The number of anilines is 2. The number of alkyl halides is 2. The zero-order chi connectivity index (χ0) is 31.3. The number of carbonyl (C=O) groups is 2. The molecule has 0 aromatic heterocycles. The van der Waals surface area contributed by atoms with Gasteiger partial charge in [0.05, 0.1) is 11.4 Å². The van der Waals surface area contributed by atoms with Crippen molar-refractivity contribution in [2.24, 2.45) is 5.92 Å². The molecule has 0 aliphatic carbocycles. The molecule has 6 rings (SSSR count). The van der Waals surface area contributed by atoms with Gasteiger partial charge in [0.1, 0.15) is 11.5 Å². The van der Waals surface area contributed by atoms with Gasteiger partial charge < -0.3 is 20.0 Å². The van der Waals surface area contributed by atoms with Crippen molar-refractivity contribution in [1.82, 2.24) is 0 Å². The van der Waals surface area contributed by atoms with Gasteiger partial charge in [0.2, 0.25) is 11.8 Å². The molecule has 3 atom stereocenters. The van der Waals surface area contributed by atoms with E-state index in [1.54, 1.807) is 21.9 Å². The van der Waals surface area contributed by atoms with E-state index in [-0.39, 0.29) is 53.4 Å². The molecule has 2 amide bonds. The summed E-state index contributed by atoms with van der Waals surface area (Å²) in [6.45, 7) is 7.17. The van der Waals surface area contributed by atoms with Crippen molar-refractivity contribution in [3.63, 3.8) is 0 Å². The molecule has 2 aliphatic heterocycles. The molecular formula is C36H38Cl2N2O4. The van der Waals surface area contributed by atoms with Gasteiger partial charge in [-0.2, -0.15) is 0 Å². The second-order valence-electron chi connectivity index (χ2n) is 12.6. The number of unbranched alkanes of at least 4 members (excludes halogenated alkanes) is 1.